The molecule has 19 heavy (non-hydrogen) atoms. The van der Waals surface area contributed by atoms with Gasteiger partial charge in [0.1, 0.15) is 17.2 Å². The SMILES string of the molecule is COc1ccc(/C=C\c2cc(O)cc(OC)c2)cc1. The van der Waals surface area contributed by atoms with E-state index in [0.717, 1.165) is 16.9 Å². The molecule has 0 aliphatic heterocycles. The minimum atomic E-state index is 0.189. The van der Waals surface area contributed by atoms with Crippen molar-refractivity contribution in [3.8, 4) is 17.2 Å². The predicted octanol–water partition coefficient (Wildman–Crippen LogP) is 3.58. The van der Waals surface area contributed by atoms with E-state index >= 15 is 0 Å². The van der Waals surface area contributed by atoms with Crippen LogP contribution in [0.25, 0.3) is 12.2 Å². The van der Waals surface area contributed by atoms with Gasteiger partial charge in [0.25, 0.3) is 0 Å². The van der Waals surface area contributed by atoms with Crippen LogP contribution in [0.3, 0.4) is 0 Å². The van der Waals surface area contributed by atoms with Crippen LogP contribution in [0.4, 0.5) is 0 Å². The molecule has 0 aliphatic rings. The number of rotatable bonds is 4. The Kier molecular flexibility index (Phi) is 4.08. The summed E-state index contributed by atoms with van der Waals surface area (Å²) in [5, 5.41) is 9.56. The summed E-state index contributed by atoms with van der Waals surface area (Å²) in [4.78, 5) is 0. The number of methoxy groups -OCH3 is 2. The van der Waals surface area contributed by atoms with Crippen LogP contribution in [-0.4, -0.2) is 19.3 Å². The summed E-state index contributed by atoms with van der Waals surface area (Å²) in [5.41, 5.74) is 1.94. The van der Waals surface area contributed by atoms with E-state index in [4.69, 9.17) is 9.47 Å². The maximum Gasteiger partial charge on any atom is 0.123 e. The van der Waals surface area contributed by atoms with E-state index < -0.39 is 0 Å². The molecule has 0 aromatic heterocycles. The maximum absolute atomic E-state index is 9.56. The molecule has 0 fully saturated rings. The number of hydrogen-bond acceptors (Lipinski definition) is 3. The van der Waals surface area contributed by atoms with Gasteiger partial charge in [0.15, 0.2) is 0 Å². The molecule has 0 radical (unpaired) electrons. The number of phenols is 1. The Balaban J connectivity index is 2.19. The Bertz CT molecular complexity index is 571. The summed E-state index contributed by atoms with van der Waals surface area (Å²) >= 11 is 0. The normalized spacial score (nSPS) is 10.6. The molecule has 98 valence electrons. The summed E-state index contributed by atoms with van der Waals surface area (Å²) in [6, 6.07) is 12.9. The van der Waals surface area contributed by atoms with Gasteiger partial charge in [0.05, 0.1) is 14.2 Å². The Hall–Kier alpha value is -2.42. The molecule has 0 saturated heterocycles. The fraction of sp³-hybridized carbons (Fsp3) is 0.125. The summed E-state index contributed by atoms with van der Waals surface area (Å²) in [6.45, 7) is 0. The third-order valence-electron chi connectivity index (χ3n) is 2.73. The summed E-state index contributed by atoms with van der Waals surface area (Å²) < 4.78 is 10.2. The number of hydrogen-bond donors (Lipinski definition) is 1. The lowest BCUT2D eigenvalue weighted by Crippen LogP contribution is -1.83. The van der Waals surface area contributed by atoms with Crippen molar-refractivity contribution >= 4 is 12.2 Å². The van der Waals surface area contributed by atoms with Crippen molar-refractivity contribution in [1.29, 1.82) is 0 Å². The highest BCUT2D eigenvalue weighted by atomic mass is 16.5. The average molecular weight is 256 g/mol. The van der Waals surface area contributed by atoms with Gasteiger partial charge < -0.3 is 14.6 Å². The van der Waals surface area contributed by atoms with E-state index in [1.807, 2.05) is 42.5 Å². The molecule has 3 nitrogen and oxygen atoms in total. The minimum absolute atomic E-state index is 0.189. The van der Waals surface area contributed by atoms with E-state index in [-0.39, 0.29) is 5.75 Å². The van der Waals surface area contributed by atoms with Gasteiger partial charge in [0, 0.05) is 6.07 Å². The fourth-order valence-corrected chi connectivity index (χ4v) is 1.73. The second-order valence-electron chi connectivity index (χ2n) is 4.07. The second kappa shape index (κ2) is 5.96. The Morgan fingerprint density at radius 3 is 2.05 bits per heavy atom. The number of phenolic OH excluding ortho intramolecular Hbond substituents is 1. The first kappa shape index (κ1) is 13.0. The van der Waals surface area contributed by atoms with Crippen LogP contribution in [0.2, 0.25) is 0 Å². The first-order chi connectivity index (χ1) is 9.21. The van der Waals surface area contributed by atoms with Crippen molar-refractivity contribution in [3.05, 3.63) is 53.6 Å². The molecule has 0 atom stereocenters. The molecule has 3 heteroatoms. The molecule has 0 heterocycles. The average Bonchev–Trinajstić information content (AvgIpc) is 2.45. The van der Waals surface area contributed by atoms with Crippen LogP contribution in [-0.2, 0) is 0 Å². The number of benzene rings is 2. The number of aromatic hydroxyl groups is 1. The second-order valence-corrected chi connectivity index (χ2v) is 4.07. The van der Waals surface area contributed by atoms with E-state index in [1.54, 1.807) is 26.4 Å². The summed E-state index contributed by atoms with van der Waals surface area (Å²) in [6.07, 6.45) is 3.89. The van der Waals surface area contributed by atoms with Crippen molar-refractivity contribution < 1.29 is 14.6 Å². The van der Waals surface area contributed by atoms with Crippen molar-refractivity contribution in [2.45, 2.75) is 0 Å². The van der Waals surface area contributed by atoms with Gasteiger partial charge in [-0.1, -0.05) is 24.3 Å². The monoisotopic (exact) mass is 256 g/mol. The van der Waals surface area contributed by atoms with E-state index in [1.165, 1.54) is 0 Å². The maximum atomic E-state index is 9.56. The zero-order chi connectivity index (χ0) is 13.7. The van der Waals surface area contributed by atoms with Crippen molar-refractivity contribution in [3.63, 3.8) is 0 Å². The molecule has 2 rings (SSSR count). The third kappa shape index (κ3) is 3.52. The molecule has 0 amide bonds. The highest BCUT2D eigenvalue weighted by Gasteiger charge is 1.97. The van der Waals surface area contributed by atoms with Crippen LogP contribution in [0, 0.1) is 0 Å². The molecule has 0 spiro atoms. The highest BCUT2D eigenvalue weighted by molar-refractivity contribution is 5.71. The Labute approximate surface area is 112 Å². The van der Waals surface area contributed by atoms with Gasteiger partial charge in [-0.15, -0.1) is 0 Å². The first-order valence-corrected chi connectivity index (χ1v) is 5.91. The lowest BCUT2D eigenvalue weighted by Gasteiger charge is -2.03. The van der Waals surface area contributed by atoms with Gasteiger partial charge in [-0.25, -0.2) is 0 Å². The molecule has 0 aliphatic carbocycles. The Morgan fingerprint density at radius 1 is 0.789 bits per heavy atom. The smallest absolute Gasteiger partial charge is 0.123 e. The summed E-state index contributed by atoms with van der Waals surface area (Å²) in [7, 11) is 3.22. The molecule has 2 aromatic carbocycles. The third-order valence-corrected chi connectivity index (χ3v) is 2.73. The molecule has 0 bridgehead atoms. The standard InChI is InChI=1S/C16H16O3/c1-18-15-7-5-12(6-8-15)3-4-13-9-14(17)11-16(10-13)19-2/h3-11,17H,1-2H3/b4-3-. The lowest BCUT2D eigenvalue weighted by molar-refractivity contribution is 0.407. The highest BCUT2D eigenvalue weighted by Crippen LogP contribution is 2.23. The molecular formula is C16H16O3. The van der Waals surface area contributed by atoms with Gasteiger partial charge >= 0.3 is 0 Å². The molecule has 2 aromatic rings. The van der Waals surface area contributed by atoms with Crippen LogP contribution in [0.5, 0.6) is 17.2 Å². The minimum Gasteiger partial charge on any atom is -0.508 e. The van der Waals surface area contributed by atoms with Gasteiger partial charge in [-0.2, -0.15) is 0 Å². The van der Waals surface area contributed by atoms with Crippen LogP contribution >= 0.6 is 0 Å². The first-order valence-electron chi connectivity index (χ1n) is 5.91. The van der Waals surface area contributed by atoms with Gasteiger partial charge in [-0.3, -0.25) is 0 Å². The number of ether oxygens (including phenoxy) is 2. The summed E-state index contributed by atoms with van der Waals surface area (Å²) in [5.74, 6) is 1.65. The van der Waals surface area contributed by atoms with E-state index in [9.17, 15) is 5.11 Å². The van der Waals surface area contributed by atoms with Gasteiger partial charge in [0.2, 0.25) is 0 Å². The van der Waals surface area contributed by atoms with Gasteiger partial charge in [-0.05, 0) is 35.4 Å². The topological polar surface area (TPSA) is 38.7 Å². The van der Waals surface area contributed by atoms with Crippen LogP contribution < -0.4 is 9.47 Å². The zero-order valence-electron chi connectivity index (χ0n) is 11.0. The zero-order valence-corrected chi connectivity index (χ0v) is 11.0. The van der Waals surface area contributed by atoms with Crippen molar-refractivity contribution in [1.82, 2.24) is 0 Å². The fourth-order valence-electron chi connectivity index (χ4n) is 1.73. The molecule has 1 N–H and O–H groups in total. The lowest BCUT2D eigenvalue weighted by atomic mass is 10.1. The van der Waals surface area contributed by atoms with Crippen LogP contribution in [0.15, 0.2) is 42.5 Å². The van der Waals surface area contributed by atoms with E-state index in [2.05, 4.69) is 0 Å². The van der Waals surface area contributed by atoms with Crippen LogP contribution in [0.1, 0.15) is 11.1 Å². The van der Waals surface area contributed by atoms with Crippen molar-refractivity contribution in [2.75, 3.05) is 14.2 Å². The molecular weight excluding hydrogens is 240 g/mol. The largest absolute Gasteiger partial charge is 0.508 e. The predicted molar refractivity (Wildman–Crippen MR) is 76.6 cm³/mol. The molecule has 0 saturated carbocycles. The van der Waals surface area contributed by atoms with Crippen molar-refractivity contribution in [2.24, 2.45) is 0 Å². The molecule has 0 unspecified atom stereocenters. The quantitative estimate of drug-likeness (QED) is 0.850. The van der Waals surface area contributed by atoms with E-state index in [0.29, 0.717) is 5.75 Å². The Morgan fingerprint density at radius 2 is 1.42 bits per heavy atom.